The lowest BCUT2D eigenvalue weighted by atomic mass is 10.2. The van der Waals surface area contributed by atoms with Crippen LogP contribution in [0.1, 0.15) is 18.2 Å². The van der Waals surface area contributed by atoms with E-state index in [4.69, 9.17) is 9.47 Å². The lowest BCUT2D eigenvalue weighted by Gasteiger charge is -2.14. The minimum absolute atomic E-state index is 0.231. The minimum atomic E-state index is -0.720. The summed E-state index contributed by atoms with van der Waals surface area (Å²) in [5, 5.41) is 22.5. The molecule has 0 radical (unpaired) electrons. The van der Waals surface area contributed by atoms with Crippen LogP contribution in [0.3, 0.4) is 0 Å². The summed E-state index contributed by atoms with van der Waals surface area (Å²) in [6.07, 6.45) is 1.69. The third-order valence-corrected chi connectivity index (χ3v) is 4.69. The van der Waals surface area contributed by atoms with Crippen molar-refractivity contribution in [1.29, 1.82) is 0 Å². The Morgan fingerprint density at radius 1 is 1.30 bits per heavy atom. The molecule has 3 aromatic rings. The lowest BCUT2D eigenvalue weighted by Crippen LogP contribution is -2.24. The number of imidazole rings is 1. The van der Waals surface area contributed by atoms with Crippen LogP contribution in [0.2, 0.25) is 0 Å². The number of ether oxygens (including phenoxy) is 2. The number of anilines is 1. The summed E-state index contributed by atoms with van der Waals surface area (Å²) in [5.41, 5.74) is 2.21. The molecule has 1 saturated heterocycles. The van der Waals surface area contributed by atoms with E-state index < -0.39 is 18.4 Å². The van der Waals surface area contributed by atoms with Crippen LogP contribution in [0.4, 0.5) is 5.82 Å². The van der Waals surface area contributed by atoms with E-state index in [1.807, 2.05) is 24.3 Å². The number of methoxy groups -OCH3 is 1. The molecule has 1 fully saturated rings. The van der Waals surface area contributed by atoms with Gasteiger partial charge in [0.15, 0.2) is 17.0 Å². The van der Waals surface area contributed by atoms with Crippen molar-refractivity contribution in [2.45, 2.75) is 31.4 Å². The minimum Gasteiger partial charge on any atom is -0.496 e. The maximum absolute atomic E-state index is 9.97. The van der Waals surface area contributed by atoms with Crippen molar-refractivity contribution in [3.63, 3.8) is 0 Å². The average Bonchev–Trinajstić information content (AvgIpc) is 3.29. The van der Waals surface area contributed by atoms with Crippen LogP contribution < -0.4 is 10.1 Å². The molecule has 3 atom stereocenters. The van der Waals surface area contributed by atoms with Crippen LogP contribution in [-0.2, 0) is 11.3 Å². The van der Waals surface area contributed by atoms with Crippen molar-refractivity contribution in [1.82, 2.24) is 19.5 Å². The first-order valence-corrected chi connectivity index (χ1v) is 8.69. The summed E-state index contributed by atoms with van der Waals surface area (Å²) >= 11 is 0. The number of aliphatic hydroxyl groups excluding tert-OH is 2. The van der Waals surface area contributed by atoms with Crippen molar-refractivity contribution in [2.24, 2.45) is 0 Å². The lowest BCUT2D eigenvalue weighted by molar-refractivity contribution is -0.0432. The molecule has 2 aromatic heterocycles. The van der Waals surface area contributed by atoms with Crippen molar-refractivity contribution in [3.05, 3.63) is 42.5 Å². The first-order valence-electron chi connectivity index (χ1n) is 8.69. The van der Waals surface area contributed by atoms with E-state index in [1.54, 1.807) is 18.0 Å². The molecule has 1 aliphatic heterocycles. The Balaban J connectivity index is 1.58. The third-order valence-electron chi connectivity index (χ3n) is 4.69. The molecular weight excluding hydrogens is 350 g/mol. The summed E-state index contributed by atoms with van der Waals surface area (Å²) in [7, 11) is 1.64. The summed E-state index contributed by atoms with van der Waals surface area (Å²) in [5.74, 6) is 1.39. The molecule has 1 unspecified atom stereocenters. The van der Waals surface area contributed by atoms with Crippen LogP contribution in [0.25, 0.3) is 11.2 Å². The highest BCUT2D eigenvalue weighted by molar-refractivity contribution is 5.82. The van der Waals surface area contributed by atoms with E-state index in [0.717, 1.165) is 11.3 Å². The molecule has 4 rings (SSSR count). The number of benzene rings is 1. The van der Waals surface area contributed by atoms with E-state index >= 15 is 0 Å². The normalized spacial score (nSPS) is 22.3. The molecule has 1 aliphatic rings. The summed E-state index contributed by atoms with van der Waals surface area (Å²) in [6.45, 7) is 0.291. The van der Waals surface area contributed by atoms with E-state index in [9.17, 15) is 10.2 Å². The molecule has 9 heteroatoms. The average molecular weight is 371 g/mol. The monoisotopic (exact) mass is 371 g/mol. The third kappa shape index (κ3) is 3.32. The van der Waals surface area contributed by atoms with Crippen LogP contribution >= 0.6 is 0 Å². The van der Waals surface area contributed by atoms with Gasteiger partial charge < -0.3 is 25.0 Å². The number of hydrogen-bond acceptors (Lipinski definition) is 8. The smallest absolute Gasteiger partial charge is 0.167 e. The SMILES string of the molecule is COc1ccccc1CNc1ncnc2c1ncn2C1C[C@H](O)[C@@H](CO)O1. The zero-order valence-electron chi connectivity index (χ0n) is 14.8. The number of aromatic nitrogens is 4. The van der Waals surface area contributed by atoms with Gasteiger partial charge in [0.05, 0.1) is 26.1 Å². The van der Waals surface area contributed by atoms with E-state index in [-0.39, 0.29) is 6.61 Å². The zero-order valence-corrected chi connectivity index (χ0v) is 14.8. The fraction of sp³-hybridized carbons (Fsp3) is 0.389. The van der Waals surface area contributed by atoms with Crippen LogP contribution in [0, 0.1) is 0 Å². The number of aliphatic hydroxyl groups is 2. The van der Waals surface area contributed by atoms with Gasteiger partial charge in [-0.1, -0.05) is 18.2 Å². The fourth-order valence-corrected chi connectivity index (χ4v) is 3.27. The van der Waals surface area contributed by atoms with Crippen molar-refractivity contribution in [3.8, 4) is 5.75 Å². The maximum atomic E-state index is 9.97. The van der Waals surface area contributed by atoms with Crippen molar-refractivity contribution in [2.75, 3.05) is 19.0 Å². The second-order valence-corrected chi connectivity index (χ2v) is 6.33. The molecule has 0 aliphatic carbocycles. The fourth-order valence-electron chi connectivity index (χ4n) is 3.27. The van der Waals surface area contributed by atoms with E-state index in [2.05, 4.69) is 20.3 Å². The topological polar surface area (TPSA) is 115 Å². The molecule has 0 bridgehead atoms. The van der Waals surface area contributed by atoms with Crippen LogP contribution in [0.5, 0.6) is 5.75 Å². The molecule has 0 saturated carbocycles. The van der Waals surface area contributed by atoms with Crippen molar-refractivity contribution < 1.29 is 19.7 Å². The molecular formula is C18H21N5O4. The quantitative estimate of drug-likeness (QED) is 0.590. The maximum Gasteiger partial charge on any atom is 0.167 e. The summed E-state index contributed by atoms with van der Waals surface area (Å²) < 4.78 is 12.8. The summed E-state index contributed by atoms with van der Waals surface area (Å²) in [4.78, 5) is 13.0. The molecule has 142 valence electrons. The van der Waals surface area contributed by atoms with Crippen LogP contribution in [-0.4, -0.2) is 55.7 Å². The van der Waals surface area contributed by atoms with Gasteiger partial charge in [-0.2, -0.15) is 0 Å². The number of fused-ring (bicyclic) bond motifs is 1. The number of para-hydroxylation sites is 1. The molecule has 0 amide bonds. The molecule has 1 aromatic carbocycles. The largest absolute Gasteiger partial charge is 0.496 e. The highest BCUT2D eigenvalue weighted by Crippen LogP contribution is 2.31. The molecule has 27 heavy (non-hydrogen) atoms. The zero-order chi connectivity index (χ0) is 18.8. The number of nitrogens with one attached hydrogen (secondary N) is 1. The Morgan fingerprint density at radius 2 is 2.15 bits per heavy atom. The molecule has 3 N–H and O–H groups in total. The Bertz CT molecular complexity index is 931. The van der Waals surface area contributed by atoms with Gasteiger partial charge in [-0.3, -0.25) is 4.57 Å². The van der Waals surface area contributed by atoms with E-state index in [1.165, 1.54) is 6.33 Å². The Labute approximate surface area is 155 Å². The van der Waals surface area contributed by atoms with Gasteiger partial charge in [0.1, 0.15) is 24.4 Å². The van der Waals surface area contributed by atoms with Crippen molar-refractivity contribution >= 4 is 17.0 Å². The first kappa shape index (κ1) is 17.7. The predicted molar refractivity (Wildman–Crippen MR) is 97.3 cm³/mol. The number of hydrogen-bond donors (Lipinski definition) is 3. The van der Waals surface area contributed by atoms with Crippen LogP contribution in [0.15, 0.2) is 36.9 Å². The van der Waals surface area contributed by atoms with Gasteiger partial charge >= 0.3 is 0 Å². The Morgan fingerprint density at radius 3 is 2.93 bits per heavy atom. The van der Waals surface area contributed by atoms with E-state index in [0.29, 0.717) is 29.9 Å². The molecule has 3 heterocycles. The van der Waals surface area contributed by atoms with Gasteiger partial charge in [-0.15, -0.1) is 0 Å². The highest BCUT2D eigenvalue weighted by Gasteiger charge is 2.35. The van der Waals surface area contributed by atoms with Gasteiger partial charge in [-0.25, -0.2) is 15.0 Å². The Kier molecular flexibility index (Phi) is 4.88. The second-order valence-electron chi connectivity index (χ2n) is 6.33. The molecule has 0 spiro atoms. The number of nitrogens with zero attached hydrogens (tertiary/aromatic N) is 4. The predicted octanol–water partition coefficient (Wildman–Crippen LogP) is 1.09. The first-order chi connectivity index (χ1) is 13.2. The van der Waals surface area contributed by atoms with Gasteiger partial charge in [0.2, 0.25) is 0 Å². The standard InChI is InChI=1S/C18H21N5O4/c1-26-13-5-3-2-4-11(13)7-19-17-16-18(21-9-20-17)23(10-22-16)15-6-12(25)14(8-24)27-15/h2-5,9-10,12,14-15,24-25H,6-8H2,1H3,(H,19,20,21)/t12-,14+,15?/m0/s1. The number of rotatable bonds is 6. The van der Waals surface area contributed by atoms with Gasteiger partial charge in [-0.05, 0) is 6.07 Å². The van der Waals surface area contributed by atoms with Gasteiger partial charge in [0.25, 0.3) is 0 Å². The van der Waals surface area contributed by atoms with Gasteiger partial charge in [0, 0.05) is 18.5 Å². The Hall–Kier alpha value is -2.75. The molecule has 9 nitrogen and oxygen atoms in total. The second kappa shape index (κ2) is 7.47. The summed E-state index contributed by atoms with van der Waals surface area (Å²) in [6, 6.07) is 7.75. The highest BCUT2D eigenvalue weighted by atomic mass is 16.5.